The van der Waals surface area contributed by atoms with Gasteiger partial charge in [-0.2, -0.15) is 0 Å². The van der Waals surface area contributed by atoms with Gasteiger partial charge in [0.05, 0.1) is 0 Å². The van der Waals surface area contributed by atoms with Gasteiger partial charge in [-0.15, -0.1) is 0 Å². The molecule has 0 amide bonds. The summed E-state index contributed by atoms with van der Waals surface area (Å²) in [5.41, 5.74) is 5.30. The number of allylic oxidation sites excluding steroid dienone is 2. The molecule has 1 aliphatic rings. The van der Waals surface area contributed by atoms with Gasteiger partial charge in [-0.05, 0) is 19.2 Å². The van der Waals surface area contributed by atoms with Crippen LogP contribution in [0.15, 0.2) is 24.3 Å². The van der Waals surface area contributed by atoms with Crippen molar-refractivity contribution in [2.75, 3.05) is 0 Å². The highest BCUT2D eigenvalue weighted by atomic mass is 19.2. The van der Waals surface area contributed by atoms with Gasteiger partial charge in [0.25, 0.3) is 0 Å². The third-order valence-corrected chi connectivity index (χ3v) is 2.00. The normalized spacial score (nSPS) is 27.6. The Labute approximate surface area is 71.5 Å². The molecule has 0 aromatic rings. The van der Waals surface area contributed by atoms with Gasteiger partial charge in [0.15, 0.2) is 0 Å². The highest BCUT2D eigenvalue weighted by Gasteiger charge is 2.24. The molecule has 1 aliphatic carbocycles. The van der Waals surface area contributed by atoms with Crippen molar-refractivity contribution in [3.05, 3.63) is 24.3 Å². The molecule has 1 rings (SSSR count). The van der Waals surface area contributed by atoms with E-state index in [2.05, 4.69) is 0 Å². The molecule has 0 fully saturated rings. The number of hydrogen-bond donors (Lipinski definition) is 1. The average Bonchev–Trinajstić information content (AvgIpc) is 2.03. The first-order valence-electron chi connectivity index (χ1n) is 4.04. The molecule has 0 bridgehead atoms. The van der Waals surface area contributed by atoms with E-state index in [0.717, 1.165) is 0 Å². The second kappa shape index (κ2) is 3.85. The first kappa shape index (κ1) is 9.45. The van der Waals surface area contributed by atoms with Crippen molar-refractivity contribution in [3.8, 4) is 0 Å². The van der Waals surface area contributed by atoms with Crippen LogP contribution in [0.1, 0.15) is 12.8 Å². The SMILES string of the molecule is NC1(CCB(F)F)C=CC=CC1. The van der Waals surface area contributed by atoms with E-state index in [1.54, 1.807) is 6.08 Å². The van der Waals surface area contributed by atoms with Crippen LogP contribution in [-0.4, -0.2) is 12.8 Å². The maximum Gasteiger partial charge on any atom is 0.538 e. The van der Waals surface area contributed by atoms with Crippen molar-refractivity contribution in [1.29, 1.82) is 0 Å². The maximum atomic E-state index is 11.9. The summed E-state index contributed by atoms with van der Waals surface area (Å²) in [6, 6.07) is 0. The minimum Gasteiger partial charge on any atom is -0.322 e. The predicted molar refractivity (Wildman–Crippen MR) is 47.2 cm³/mol. The van der Waals surface area contributed by atoms with Gasteiger partial charge in [-0.3, -0.25) is 8.63 Å². The molecule has 0 aromatic carbocycles. The van der Waals surface area contributed by atoms with Crippen LogP contribution in [0.5, 0.6) is 0 Å². The van der Waals surface area contributed by atoms with Crippen LogP contribution in [0.25, 0.3) is 0 Å². The molecule has 12 heavy (non-hydrogen) atoms. The molecular weight excluding hydrogens is 159 g/mol. The minimum absolute atomic E-state index is 0.116. The van der Waals surface area contributed by atoms with E-state index in [4.69, 9.17) is 5.73 Å². The molecule has 66 valence electrons. The molecule has 0 heterocycles. The van der Waals surface area contributed by atoms with Gasteiger partial charge >= 0.3 is 7.27 Å². The van der Waals surface area contributed by atoms with Crippen molar-refractivity contribution < 1.29 is 8.63 Å². The molecule has 0 radical (unpaired) electrons. The lowest BCUT2D eigenvalue weighted by Crippen LogP contribution is -2.38. The van der Waals surface area contributed by atoms with Crippen molar-refractivity contribution in [2.45, 2.75) is 24.7 Å². The smallest absolute Gasteiger partial charge is 0.322 e. The monoisotopic (exact) mass is 171 g/mol. The molecule has 1 unspecified atom stereocenters. The molecule has 1 nitrogen and oxygen atoms in total. The van der Waals surface area contributed by atoms with Gasteiger partial charge in [0.2, 0.25) is 0 Å². The number of hydrogen-bond acceptors (Lipinski definition) is 1. The third kappa shape index (κ3) is 2.78. The zero-order valence-corrected chi connectivity index (χ0v) is 6.84. The van der Waals surface area contributed by atoms with E-state index in [0.29, 0.717) is 12.8 Å². The summed E-state index contributed by atoms with van der Waals surface area (Å²) >= 11 is 0. The summed E-state index contributed by atoms with van der Waals surface area (Å²) < 4.78 is 23.7. The second-order valence-corrected chi connectivity index (χ2v) is 3.15. The molecule has 0 saturated heterocycles. The Balaban J connectivity index is 2.39. The Hall–Kier alpha value is -0.635. The zero-order valence-electron chi connectivity index (χ0n) is 6.84. The lowest BCUT2D eigenvalue weighted by molar-refractivity contribution is 0.495. The lowest BCUT2D eigenvalue weighted by Gasteiger charge is -2.25. The predicted octanol–water partition coefficient (Wildman–Crippen LogP) is 2.02. The molecule has 0 spiro atoms. The summed E-state index contributed by atoms with van der Waals surface area (Å²) in [5, 5.41) is 0. The first-order chi connectivity index (χ1) is 5.62. The fourth-order valence-electron chi connectivity index (χ4n) is 1.24. The van der Waals surface area contributed by atoms with Crippen LogP contribution in [0.4, 0.5) is 8.63 Å². The van der Waals surface area contributed by atoms with Crippen LogP contribution in [-0.2, 0) is 0 Å². The summed E-state index contributed by atoms with van der Waals surface area (Å²) in [4.78, 5) is 0. The summed E-state index contributed by atoms with van der Waals surface area (Å²) in [5.74, 6) is 0. The Bertz CT molecular complexity index is 203. The van der Waals surface area contributed by atoms with E-state index in [-0.39, 0.29) is 6.32 Å². The standard InChI is InChI=1S/C8H12BF2N/c10-9(11)7-6-8(12)4-2-1-3-5-8/h1-4H,5-7,12H2. The van der Waals surface area contributed by atoms with E-state index in [1.165, 1.54) is 0 Å². The Kier molecular flexibility index (Phi) is 3.03. The van der Waals surface area contributed by atoms with Crippen LogP contribution in [0.3, 0.4) is 0 Å². The van der Waals surface area contributed by atoms with Gasteiger partial charge < -0.3 is 5.73 Å². The van der Waals surface area contributed by atoms with Gasteiger partial charge in [0.1, 0.15) is 0 Å². The summed E-state index contributed by atoms with van der Waals surface area (Å²) in [7, 11) is -2.25. The number of halogens is 2. The highest BCUT2D eigenvalue weighted by Crippen LogP contribution is 2.21. The molecule has 2 N–H and O–H groups in total. The molecule has 1 atom stereocenters. The topological polar surface area (TPSA) is 26.0 Å². The van der Waals surface area contributed by atoms with Crippen LogP contribution in [0, 0.1) is 0 Å². The number of rotatable bonds is 3. The molecule has 0 saturated carbocycles. The fraction of sp³-hybridized carbons (Fsp3) is 0.500. The second-order valence-electron chi connectivity index (χ2n) is 3.15. The minimum atomic E-state index is -2.25. The highest BCUT2D eigenvalue weighted by molar-refractivity contribution is 6.42. The van der Waals surface area contributed by atoms with Crippen molar-refractivity contribution >= 4 is 7.27 Å². The lowest BCUT2D eigenvalue weighted by atomic mass is 9.79. The van der Waals surface area contributed by atoms with Gasteiger partial charge in [-0.1, -0.05) is 24.3 Å². The van der Waals surface area contributed by atoms with Crippen molar-refractivity contribution in [3.63, 3.8) is 0 Å². The Morgan fingerprint density at radius 1 is 1.42 bits per heavy atom. The number of nitrogens with two attached hydrogens (primary N) is 1. The largest absolute Gasteiger partial charge is 0.538 e. The maximum absolute atomic E-state index is 11.9. The molecule has 0 aromatic heterocycles. The van der Waals surface area contributed by atoms with Crippen LogP contribution < -0.4 is 5.73 Å². The first-order valence-corrected chi connectivity index (χ1v) is 4.04. The van der Waals surface area contributed by atoms with Crippen LogP contribution >= 0.6 is 0 Å². The fourth-order valence-corrected chi connectivity index (χ4v) is 1.24. The van der Waals surface area contributed by atoms with Crippen molar-refractivity contribution in [2.24, 2.45) is 5.73 Å². The van der Waals surface area contributed by atoms with Gasteiger partial charge in [0, 0.05) is 5.54 Å². The van der Waals surface area contributed by atoms with Crippen LogP contribution in [0.2, 0.25) is 6.32 Å². The average molecular weight is 171 g/mol. The summed E-state index contributed by atoms with van der Waals surface area (Å²) in [6.45, 7) is 0. The van der Waals surface area contributed by atoms with Gasteiger partial charge in [-0.25, -0.2) is 0 Å². The molecule has 4 heteroatoms. The Morgan fingerprint density at radius 2 is 2.17 bits per heavy atom. The van der Waals surface area contributed by atoms with E-state index >= 15 is 0 Å². The molecule has 0 aliphatic heterocycles. The quantitative estimate of drug-likeness (QED) is 0.645. The third-order valence-electron chi connectivity index (χ3n) is 2.00. The molecular formula is C8H12BF2N. The van der Waals surface area contributed by atoms with E-state index in [1.807, 2.05) is 18.2 Å². The van der Waals surface area contributed by atoms with Crippen molar-refractivity contribution in [1.82, 2.24) is 0 Å². The van der Waals surface area contributed by atoms with E-state index in [9.17, 15) is 8.63 Å². The zero-order chi connectivity index (χ0) is 9.03. The summed E-state index contributed by atoms with van der Waals surface area (Å²) in [6.07, 6.45) is 8.31. The Morgan fingerprint density at radius 3 is 2.67 bits per heavy atom. The van der Waals surface area contributed by atoms with E-state index < -0.39 is 12.8 Å².